The first-order chi connectivity index (χ1) is 10.2. The molecule has 1 unspecified atom stereocenters. The number of rotatable bonds is 4. The molecule has 0 N–H and O–H groups in total. The first kappa shape index (κ1) is 14.3. The van der Waals surface area contributed by atoms with Crippen LogP contribution < -0.4 is 4.90 Å². The van der Waals surface area contributed by atoms with Crippen molar-refractivity contribution in [3.8, 4) is 0 Å². The van der Waals surface area contributed by atoms with E-state index in [1.54, 1.807) is 19.5 Å². The molecule has 2 fully saturated rings. The van der Waals surface area contributed by atoms with Crippen molar-refractivity contribution in [1.82, 2.24) is 14.9 Å². The molecular formula is C15H22N4O2. The van der Waals surface area contributed by atoms with Crippen LogP contribution >= 0.6 is 0 Å². The van der Waals surface area contributed by atoms with Crippen LogP contribution in [-0.4, -0.2) is 59.7 Å². The summed E-state index contributed by atoms with van der Waals surface area (Å²) in [5.41, 5.74) is -0.0624. The van der Waals surface area contributed by atoms with Gasteiger partial charge >= 0.3 is 0 Å². The van der Waals surface area contributed by atoms with Gasteiger partial charge in [-0.3, -0.25) is 4.79 Å². The van der Waals surface area contributed by atoms with E-state index in [-0.39, 0.29) is 11.4 Å². The Morgan fingerprint density at radius 1 is 1.33 bits per heavy atom. The van der Waals surface area contributed by atoms with Gasteiger partial charge in [-0.05, 0) is 25.3 Å². The number of anilines is 1. The molecule has 114 valence electrons. The van der Waals surface area contributed by atoms with Gasteiger partial charge in [0.15, 0.2) is 0 Å². The topological polar surface area (TPSA) is 58.6 Å². The minimum Gasteiger partial charge on any atom is -0.383 e. The molecular weight excluding hydrogens is 268 g/mol. The van der Waals surface area contributed by atoms with E-state index in [1.165, 1.54) is 0 Å². The molecule has 6 heteroatoms. The maximum atomic E-state index is 12.2. The van der Waals surface area contributed by atoms with E-state index < -0.39 is 0 Å². The Hall–Kier alpha value is -1.69. The number of carbonyl (C=O) groups is 1. The molecule has 1 spiro atoms. The third-order valence-corrected chi connectivity index (χ3v) is 4.59. The van der Waals surface area contributed by atoms with Crippen LogP contribution in [0, 0.1) is 0 Å². The Labute approximate surface area is 125 Å². The molecule has 0 bridgehead atoms. The highest BCUT2D eigenvalue weighted by molar-refractivity contribution is 5.80. The summed E-state index contributed by atoms with van der Waals surface area (Å²) in [6.07, 6.45) is 7.24. The Morgan fingerprint density at radius 3 is 2.90 bits per heavy atom. The number of amides is 1. The molecule has 2 aliphatic rings. The summed E-state index contributed by atoms with van der Waals surface area (Å²) in [5, 5.41) is 0. The number of hydrogen-bond acceptors (Lipinski definition) is 5. The van der Waals surface area contributed by atoms with Crippen molar-refractivity contribution < 1.29 is 9.53 Å². The molecule has 2 saturated heterocycles. The molecule has 1 aromatic rings. The lowest BCUT2D eigenvalue weighted by Gasteiger charge is -2.45. The van der Waals surface area contributed by atoms with E-state index in [0.29, 0.717) is 19.6 Å². The van der Waals surface area contributed by atoms with Crippen LogP contribution in [0.25, 0.3) is 0 Å². The van der Waals surface area contributed by atoms with E-state index in [0.717, 1.165) is 38.3 Å². The van der Waals surface area contributed by atoms with E-state index in [2.05, 4.69) is 14.9 Å². The highest BCUT2D eigenvalue weighted by Crippen LogP contribution is 2.38. The number of ether oxygens (including phenoxy) is 1. The molecule has 3 rings (SSSR count). The van der Waals surface area contributed by atoms with Crippen LogP contribution in [0.2, 0.25) is 0 Å². The fourth-order valence-electron chi connectivity index (χ4n) is 3.58. The first-order valence-corrected chi connectivity index (χ1v) is 7.57. The Kier molecular flexibility index (Phi) is 4.05. The van der Waals surface area contributed by atoms with Gasteiger partial charge in [-0.25, -0.2) is 9.97 Å². The second kappa shape index (κ2) is 5.97. The maximum absolute atomic E-state index is 12.2. The van der Waals surface area contributed by atoms with Crippen molar-refractivity contribution in [2.45, 2.75) is 31.2 Å². The lowest BCUT2D eigenvalue weighted by molar-refractivity contribution is -0.132. The van der Waals surface area contributed by atoms with Gasteiger partial charge in [-0.2, -0.15) is 0 Å². The minimum atomic E-state index is -0.0624. The quantitative estimate of drug-likeness (QED) is 0.830. The van der Waals surface area contributed by atoms with E-state index in [1.807, 2.05) is 11.0 Å². The van der Waals surface area contributed by atoms with Crippen molar-refractivity contribution in [1.29, 1.82) is 0 Å². The number of hydrogen-bond donors (Lipinski definition) is 0. The fourth-order valence-corrected chi connectivity index (χ4v) is 3.58. The van der Waals surface area contributed by atoms with Crippen molar-refractivity contribution in [3.05, 3.63) is 18.5 Å². The molecule has 0 saturated carbocycles. The van der Waals surface area contributed by atoms with E-state index >= 15 is 0 Å². The number of nitrogens with zero attached hydrogens (tertiary/aromatic N) is 4. The lowest BCUT2D eigenvalue weighted by atomic mass is 9.86. The molecule has 21 heavy (non-hydrogen) atoms. The van der Waals surface area contributed by atoms with Crippen LogP contribution in [0.4, 0.5) is 5.95 Å². The average Bonchev–Trinajstić information content (AvgIpc) is 2.82. The monoisotopic (exact) mass is 290 g/mol. The second-order valence-electron chi connectivity index (χ2n) is 5.84. The molecule has 1 aromatic heterocycles. The summed E-state index contributed by atoms with van der Waals surface area (Å²) in [5.74, 6) is 1.02. The zero-order chi connectivity index (χ0) is 14.7. The smallest absolute Gasteiger partial charge is 0.225 e. The molecule has 6 nitrogen and oxygen atoms in total. The number of piperidine rings is 1. The van der Waals surface area contributed by atoms with Crippen molar-refractivity contribution in [2.24, 2.45) is 0 Å². The summed E-state index contributed by atoms with van der Waals surface area (Å²) in [4.78, 5) is 25.2. The first-order valence-electron chi connectivity index (χ1n) is 7.57. The van der Waals surface area contributed by atoms with Gasteiger partial charge in [0.25, 0.3) is 0 Å². The summed E-state index contributed by atoms with van der Waals surface area (Å²) in [6.45, 7) is 3.05. The minimum absolute atomic E-state index is 0.0624. The predicted molar refractivity (Wildman–Crippen MR) is 79.0 cm³/mol. The summed E-state index contributed by atoms with van der Waals surface area (Å²) < 4.78 is 5.17. The van der Waals surface area contributed by atoms with Gasteiger partial charge in [0.1, 0.15) is 0 Å². The number of aromatic nitrogens is 2. The van der Waals surface area contributed by atoms with Crippen molar-refractivity contribution in [2.75, 3.05) is 38.3 Å². The van der Waals surface area contributed by atoms with Crippen LogP contribution in [0.5, 0.6) is 0 Å². The number of likely N-dealkylation sites (tertiary alicyclic amines) is 1. The third-order valence-electron chi connectivity index (χ3n) is 4.59. The van der Waals surface area contributed by atoms with Crippen LogP contribution in [0.3, 0.4) is 0 Å². The molecule has 0 aliphatic carbocycles. The van der Waals surface area contributed by atoms with E-state index in [9.17, 15) is 4.79 Å². The summed E-state index contributed by atoms with van der Waals surface area (Å²) in [6, 6.07) is 1.83. The highest BCUT2D eigenvalue weighted by Gasteiger charge is 2.47. The third kappa shape index (κ3) is 2.72. The Balaban J connectivity index is 1.78. The number of carbonyl (C=O) groups excluding carboxylic acids is 1. The van der Waals surface area contributed by atoms with Gasteiger partial charge in [0.2, 0.25) is 11.9 Å². The van der Waals surface area contributed by atoms with Crippen molar-refractivity contribution >= 4 is 11.9 Å². The standard InChI is InChI=1S/C15H22N4O2/c1-21-11-10-19-13(20)4-6-15(19)5-2-9-18(12-15)14-16-7-3-8-17-14/h3,7-8H,2,4-6,9-12H2,1H3. The SMILES string of the molecule is COCCN1C(=O)CCC12CCCN(c1ncccn1)C2. The molecule has 1 amide bonds. The normalized spacial score (nSPS) is 25.9. The summed E-state index contributed by atoms with van der Waals surface area (Å²) in [7, 11) is 1.68. The van der Waals surface area contributed by atoms with Gasteiger partial charge in [0.05, 0.1) is 12.1 Å². The Morgan fingerprint density at radius 2 is 2.14 bits per heavy atom. The fraction of sp³-hybridized carbons (Fsp3) is 0.667. The molecule has 1 atom stereocenters. The largest absolute Gasteiger partial charge is 0.383 e. The van der Waals surface area contributed by atoms with Gasteiger partial charge < -0.3 is 14.5 Å². The highest BCUT2D eigenvalue weighted by atomic mass is 16.5. The maximum Gasteiger partial charge on any atom is 0.225 e. The number of methoxy groups -OCH3 is 1. The summed E-state index contributed by atoms with van der Waals surface area (Å²) >= 11 is 0. The predicted octanol–water partition coefficient (Wildman–Crippen LogP) is 1.08. The lowest BCUT2D eigenvalue weighted by Crippen LogP contribution is -2.57. The van der Waals surface area contributed by atoms with E-state index in [4.69, 9.17) is 4.74 Å². The van der Waals surface area contributed by atoms with Crippen LogP contribution in [0.15, 0.2) is 18.5 Å². The molecule has 0 aromatic carbocycles. The zero-order valence-electron chi connectivity index (χ0n) is 12.5. The molecule has 3 heterocycles. The van der Waals surface area contributed by atoms with Gasteiger partial charge in [0, 0.05) is 45.6 Å². The van der Waals surface area contributed by atoms with Gasteiger partial charge in [-0.15, -0.1) is 0 Å². The molecule has 2 aliphatic heterocycles. The van der Waals surface area contributed by atoms with Gasteiger partial charge in [-0.1, -0.05) is 0 Å². The van der Waals surface area contributed by atoms with Crippen LogP contribution in [0.1, 0.15) is 25.7 Å². The van der Waals surface area contributed by atoms with Crippen LogP contribution in [-0.2, 0) is 9.53 Å². The Bertz CT molecular complexity index is 496. The van der Waals surface area contributed by atoms with Crippen molar-refractivity contribution in [3.63, 3.8) is 0 Å². The second-order valence-corrected chi connectivity index (χ2v) is 5.84. The zero-order valence-corrected chi connectivity index (χ0v) is 12.5. The molecule has 0 radical (unpaired) electrons. The average molecular weight is 290 g/mol.